The number of nitrogens with two attached hydrogens (primary N) is 5. The molecular formula is C18H38N6O10. The van der Waals surface area contributed by atoms with Crippen LogP contribution >= 0.6 is 0 Å². The molecule has 0 aromatic carbocycles. The lowest BCUT2D eigenvalue weighted by Crippen LogP contribution is -2.33. The zero-order valence-corrected chi connectivity index (χ0v) is 18.8. The molecule has 1 rings (SSSR count). The largest absolute Gasteiger partial charge is 0.480 e. The van der Waals surface area contributed by atoms with Gasteiger partial charge in [0.15, 0.2) is 0 Å². The Morgan fingerprint density at radius 1 is 0.853 bits per heavy atom. The maximum atomic E-state index is 10.1. The van der Waals surface area contributed by atoms with Gasteiger partial charge in [0.1, 0.15) is 24.2 Å². The Morgan fingerprint density at radius 2 is 1.32 bits per heavy atom. The third-order valence-electron chi connectivity index (χ3n) is 3.93. The summed E-state index contributed by atoms with van der Waals surface area (Å²) in [6.45, 7) is 0.854. The Morgan fingerprint density at radius 3 is 1.56 bits per heavy atom. The van der Waals surface area contributed by atoms with E-state index in [-0.39, 0.29) is 18.9 Å². The fraction of sp³-hybridized carbons (Fsp3) is 0.722. The number of aliphatic carboxylic acids is 4. The van der Waals surface area contributed by atoms with Crippen molar-refractivity contribution in [3.8, 4) is 0 Å². The van der Waals surface area contributed by atoms with Gasteiger partial charge < -0.3 is 59.5 Å². The van der Waals surface area contributed by atoms with E-state index in [1.54, 1.807) is 0 Å². The number of primary amides is 1. The molecule has 1 aliphatic rings. The Kier molecular flexibility index (Phi) is 23.0. The number of aliphatic hydroxyl groups excluding tert-OH is 1. The Bertz CT molecular complexity index is 616. The first-order chi connectivity index (χ1) is 15.7. The number of aliphatic hydroxyl groups is 1. The maximum Gasteiger partial charge on any atom is 0.322 e. The van der Waals surface area contributed by atoms with Crippen LogP contribution in [0.15, 0.2) is 0 Å². The molecule has 16 heteroatoms. The van der Waals surface area contributed by atoms with Crippen molar-refractivity contribution >= 4 is 29.8 Å². The van der Waals surface area contributed by atoms with Crippen LogP contribution in [-0.4, -0.2) is 99.2 Å². The normalized spacial score (nSPS) is 16.6. The molecule has 0 aromatic heterocycles. The third-order valence-corrected chi connectivity index (χ3v) is 3.93. The van der Waals surface area contributed by atoms with E-state index in [0.29, 0.717) is 19.4 Å². The molecule has 200 valence electrons. The van der Waals surface area contributed by atoms with Crippen LogP contribution in [0.4, 0.5) is 0 Å². The minimum Gasteiger partial charge on any atom is -0.480 e. The van der Waals surface area contributed by atoms with Crippen LogP contribution in [0.5, 0.6) is 0 Å². The molecule has 1 fully saturated rings. The molecule has 0 radical (unpaired) electrons. The molecule has 16 nitrogen and oxygen atoms in total. The predicted octanol–water partition coefficient (Wildman–Crippen LogP) is -3.99. The molecule has 4 unspecified atom stereocenters. The van der Waals surface area contributed by atoms with Gasteiger partial charge in [0.25, 0.3) is 0 Å². The standard InChI is InChI=1S/C5H10N2O3.C5H12N2O2.C5H9NO2.C3H7NO3/c6-3(5(9)10)1-2-4(7)8;6-3-1-2-4(7)5(8)9;7-5(8)4-2-1-3-6-4;4-2(1-5)3(6)7/h3H,1-2,6H2,(H2,7,8)(H,9,10);4H,1-3,6-7H2,(H,8,9);4,6H,1-3H2,(H,7,8);2,5H,1,4H2,(H,6,7). The zero-order valence-electron chi connectivity index (χ0n) is 18.8. The summed E-state index contributed by atoms with van der Waals surface area (Å²) in [6.07, 6.45) is 3.05. The van der Waals surface area contributed by atoms with Crippen LogP contribution in [0, 0.1) is 0 Å². The summed E-state index contributed by atoms with van der Waals surface area (Å²) < 4.78 is 0. The van der Waals surface area contributed by atoms with Crippen molar-refractivity contribution in [2.24, 2.45) is 28.7 Å². The molecule has 0 aliphatic carbocycles. The zero-order chi connectivity index (χ0) is 27.3. The number of hydrogen-bond acceptors (Lipinski definition) is 11. The Hall–Kier alpha value is -2.89. The highest BCUT2D eigenvalue weighted by atomic mass is 16.4. The second-order valence-electron chi connectivity index (χ2n) is 6.94. The molecule has 0 spiro atoms. The predicted molar refractivity (Wildman–Crippen MR) is 119 cm³/mol. The van der Waals surface area contributed by atoms with Crippen LogP contribution in [0.2, 0.25) is 0 Å². The summed E-state index contributed by atoms with van der Waals surface area (Å²) in [7, 11) is 0. The minimum atomic E-state index is -1.18. The molecule has 0 saturated carbocycles. The van der Waals surface area contributed by atoms with Crippen LogP contribution in [0.25, 0.3) is 0 Å². The van der Waals surface area contributed by atoms with Gasteiger partial charge in [-0.1, -0.05) is 0 Å². The summed E-state index contributed by atoms with van der Waals surface area (Å²) in [5.41, 5.74) is 24.9. The van der Waals surface area contributed by atoms with Gasteiger partial charge >= 0.3 is 23.9 Å². The van der Waals surface area contributed by atoms with Crippen molar-refractivity contribution in [1.82, 2.24) is 5.32 Å². The van der Waals surface area contributed by atoms with E-state index in [4.69, 9.17) is 54.2 Å². The Labute approximate surface area is 196 Å². The quantitative estimate of drug-likeness (QED) is 0.129. The highest BCUT2D eigenvalue weighted by Crippen LogP contribution is 2.03. The number of amides is 1. The molecule has 1 heterocycles. The van der Waals surface area contributed by atoms with Crippen molar-refractivity contribution in [3.05, 3.63) is 0 Å². The first-order valence-corrected chi connectivity index (χ1v) is 10.2. The van der Waals surface area contributed by atoms with Gasteiger partial charge in [-0.05, 0) is 45.2 Å². The number of carboxylic acid groups (broad SMARTS) is 4. The number of carboxylic acids is 4. The van der Waals surface area contributed by atoms with Crippen LogP contribution in [0.3, 0.4) is 0 Å². The highest BCUT2D eigenvalue weighted by molar-refractivity contribution is 5.77. The lowest BCUT2D eigenvalue weighted by molar-refractivity contribution is -0.140. The van der Waals surface area contributed by atoms with Crippen molar-refractivity contribution in [3.63, 3.8) is 0 Å². The van der Waals surface area contributed by atoms with Crippen LogP contribution < -0.4 is 34.0 Å². The van der Waals surface area contributed by atoms with E-state index in [1.807, 2.05) is 0 Å². The number of hydrogen-bond donors (Lipinski definition) is 11. The maximum absolute atomic E-state index is 10.1. The number of rotatable bonds is 11. The van der Waals surface area contributed by atoms with Crippen molar-refractivity contribution < 1.29 is 49.5 Å². The number of carbonyl (C=O) groups excluding carboxylic acids is 1. The van der Waals surface area contributed by atoms with Gasteiger partial charge in [-0.15, -0.1) is 0 Å². The van der Waals surface area contributed by atoms with E-state index < -0.39 is 54.5 Å². The van der Waals surface area contributed by atoms with E-state index in [1.165, 1.54) is 0 Å². The lowest BCUT2D eigenvalue weighted by Gasteiger charge is -2.02. The summed E-state index contributed by atoms with van der Waals surface area (Å²) >= 11 is 0. The molecule has 0 aromatic rings. The van der Waals surface area contributed by atoms with E-state index in [0.717, 1.165) is 19.4 Å². The van der Waals surface area contributed by atoms with Gasteiger partial charge in [-0.2, -0.15) is 0 Å². The topological polar surface area (TPSA) is 329 Å². The van der Waals surface area contributed by atoms with Gasteiger partial charge in [-0.25, -0.2) is 0 Å². The van der Waals surface area contributed by atoms with Crippen molar-refractivity contribution in [2.75, 3.05) is 19.7 Å². The van der Waals surface area contributed by atoms with Gasteiger partial charge in [0.05, 0.1) is 6.61 Å². The van der Waals surface area contributed by atoms with Gasteiger partial charge in [0, 0.05) is 6.42 Å². The summed E-state index contributed by atoms with van der Waals surface area (Å²) in [6, 6.07) is -3.11. The monoisotopic (exact) mass is 498 g/mol. The third kappa shape index (κ3) is 23.8. The Balaban J connectivity index is -0.000000380. The van der Waals surface area contributed by atoms with Crippen LogP contribution in [-0.2, 0) is 24.0 Å². The van der Waals surface area contributed by atoms with Gasteiger partial charge in [0.2, 0.25) is 5.91 Å². The number of carbonyl (C=O) groups is 5. The minimum absolute atomic E-state index is 0.0213. The molecule has 1 aliphatic heterocycles. The molecule has 4 atom stereocenters. The molecular weight excluding hydrogens is 460 g/mol. The van der Waals surface area contributed by atoms with E-state index in [9.17, 15) is 24.0 Å². The second-order valence-corrected chi connectivity index (χ2v) is 6.94. The molecule has 16 N–H and O–H groups in total. The van der Waals surface area contributed by atoms with E-state index in [2.05, 4.69) is 5.32 Å². The lowest BCUT2D eigenvalue weighted by atomic mass is 10.2. The van der Waals surface area contributed by atoms with Crippen molar-refractivity contribution in [2.45, 2.75) is 62.7 Å². The smallest absolute Gasteiger partial charge is 0.322 e. The first kappa shape index (κ1) is 35.7. The average molecular weight is 499 g/mol. The highest BCUT2D eigenvalue weighted by Gasteiger charge is 2.20. The SMILES string of the molecule is NC(=O)CCC(N)C(=O)O.NC(CO)C(=O)O.NCCCC(N)C(=O)O.O=C(O)C1CCCN1. The fourth-order valence-corrected chi connectivity index (χ4v) is 1.86. The van der Waals surface area contributed by atoms with Crippen LogP contribution in [0.1, 0.15) is 38.5 Å². The van der Waals surface area contributed by atoms with Gasteiger partial charge in [-0.3, -0.25) is 24.0 Å². The molecule has 1 amide bonds. The summed E-state index contributed by atoms with van der Waals surface area (Å²) in [5, 5.41) is 43.6. The summed E-state index contributed by atoms with van der Waals surface area (Å²) in [5.74, 6) is -4.49. The first-order valence-electron chi connectivity index (χ1n) is 10.2. The van der Waals surface area contributed by atoms with Crippen molar-refractivity contribution in [1.29, 1.82) is 0 Å². The average Bonchev–Trinajstić information content (AvgIpc) is 3.31. The van der Waals surface area contributed by atoms with E-state index >= 15 is 0 Å². The number of nitrogens with one attached hydrogen (secondary N) is 1. The fourth-order valence-electron chi connectivity index (χ4n) is 1.86. The summed E-state index contributed by atoms with van der Waals surface area (Å²) in [4.78, 5) is 50.0. The molecule has 0 bridgehead atoms. The molecule has 1 saturated heterocycles. The second kappa shape index (κ2) is 21.9. The molecule has 34 heavy (non-hydrogen) atoms.